The molecule has 0 fully saturated rings. The van der Waals surface area contributed by atoms with Crippen LogP contribution in [-0.4, -0.2) is 16.6 Å². The number of hydrogen-bond donors (Lipinski definition) is 1. The largest absolute Gasteiger partial charge is 0.496 e. The van der Waals surface area contributed by atoms with Gasteiger partial charge in [0.15, 0.2) is 4.80 Å². The molecule has 3 aromatic rings. The van der Waals surface area contributed by atoms with E-state index in [1.54, 1.807) is 16.7 Å². The molecule has 116 valence electrons. The third-order valence-electron chi connectivity index (χ3n) is 3.42. The van der Waals surface area contributed by atoms with Crippen LogP contribution in [0.15, 0.2) is 53.9 Å². The lowest BCUT2D eigenvalue weighted by molar-refractivity contribution is -0.384. The van der Waals surface area contributed by atoms with E-state index >= 15 is 0 Å². The molecular formula is C16H13N3O3S. The predicted molar refractivity (Wildman–Crippen MR) is 88.1 cm³/mol. The Labute approximate surface area is 135 Å². The number of hydrogen-bond acceptors (Lipinski definition) is 5. The van der Waals surface area contributed by atoms with Gasteiger partial charge in [0.1, 0.15) is 11.4 Å². The summed E-state index contributed by atoms with van der Waals surface area (Å²) in [5, 5.41) is 21.4. The van der Waals surface area contributed by atoms with E-state index in [-0.39, 0.29) is 10.5 Å². The molecule has 0 aliphatic rings. The number of rotatable bonds is 4. The van der Waals surface area contributed by atoms with Crippen LogP contribution in [0.3, 0.4) is 0 Å². The average Bonchev–Trinajstić information content (AvgIpc) is 2.96. The summed E-state index contributed by atoms with van der Waals surface area (Å²) in [5.74, 6) is 0.407. The summed E-state index contributed by atoms with van der Waals surface area (Å²) in [6, 6.07) is 14.1. The molecule has 2 aromatic carbocycles. The van der Waals surface area contributed by atoms with Gasteiger partial charge in [-0.1, -0.05) is 30.3 Å². The molecule has 0 bridgehead atoms. The van der Waals surface area contributed by atoms with Crippen molar-refractivity contribution < 1.29 is 9.66 Å². The second-order valence-corrected chi connectivity index (χ2v) is 5.60. The lowest BCUT2D eigenvalue weighted by Gasteiger charge is -2.10. The van der Waals surface area contributed by atoms with Gasteiger partial charge in [0.25, 0.3) is 5.69 Å². The summed E-state index contributed by atoms with van der Waals surface area (Å²) >= 11 is 1.23. The second kappa shape index (κ2) is 6.05. The Bertz CT molecular complexity index is 916. The number of nitro benzene ring substituents is 1. The maximum Gasteiger partial charge on any atom is 0.297 e. The highest BCUT2D eigenvalue weighted by Gasteiger charge is 2.20. The van der Waals surface area contributed by atoms with Gasteiger partial charge in [0.2, 0.25) is 0 Å². The van der Waals surface area contributed by atoms with Crippen molar-refractivity contribution in [1.82, 2.24) is 4.57 Å². The first-order valence-electron chi connectivity index (χ1n) is 6.75. The summed E-state index contributed by atoms with van der Waals surface area (Å²) in [5.41, 5.74) is 1.89. The first kappa shape index (κ1) is 15.0. The Morgan fingerprint density at radius 3 is 2.61 bits per heavy atom. The zero-order valence-corrected chi connectivity index (χ0v) is 13.0. The van der Waals surface area contributed by atoms with E-state index in [1.165, 1.54) is 24.5 Å². The monoisotopic (exact) mass is 327 g/mol. The molecule has 1 aromatic heterocycles. The number of nitro groups is 1. The van der Waals surface area contributed by atoms with Crippen molar-refractivity contribution >= 4 is 17.0 Å². The fraction of sp³-hybridized carbons (Fsp3) is 0.0625. The van der Waals surface area contributed by atoms with Crippen molar-refractivity contribution in [2.24, 2.45) is 0 Å². The van der Waals surface area contributed by atoms with Crippen LogP contribution >= 0.6 is 11.3 Å². The Balaban J connectivity index is 2.26. The summed E-state index contributed by atoms with van der Waals surface area (Å²) in [6.07, 6.45) is 0. The van der Waals surface area contributed by atoms with Crippen LogP contribution in [-0.2, 0) is 0 Å². The highest BCUT2D eigenvalue weighted by molar-refractivity contribution is 7.07. The third kappa shape index (κ3) is 2.74. The van der Waals surface area contributed by atoms with Crippen molar-refractivity contribution in [3.05, 3.63) is 68.8 Å². The third-order valence-corrected chi connectivity index (χ3v) is 4.16. The van der Waals surface area contributed by atoms with Crippen LogP contribution in [0.4, 0.5) is 5.69 Å². The van der Waals surface area contributed by atoms with E-state index in [1.807, 2.05) is 35.7 Å². The minimum atomic E-state index is -0.462. The summed E-state index contributed by atoms with van der Waals surface area (Å²) in [7, 11) is 1.46. The molecular weight excluding hydrogens is 314 g/mol. The molecule has 1 N–H and O–H groups in total. The fourth-order valence-electron chi connectivity index (χ4n) is 2.34. The van der Waals surface area contributed by atoms with Gasteiger partial charge in [-0.15, -0.1) is 11.3 Å². The predicted octanol–water partition coefficient (Wildman–Crippen LogP) is 3.60. The molecule has 7 heteroatoms. The summed E-state index contributed by atoms with van der Waals surface area (Å²) in [6.45, 7) is 0. The minimum Gasteiger partial charge on any atom is -0.496 e. The summed E-state index contributed by atoms with van der Waals surface area (Å²) in [4.78, 5) is 11.2. The molecule has 0 unspecified atom stereocenters. The van der Waals surface area contributed by atoms with E-state index in [2.05, 4.69) is 0 Å². The zero-order valence-electron chi connectivity index (χ0n) is 12.2. The van der Waals surface area contributed by atoms with Gasteiger partial charge in [0, 0.05) is 5.38 Å². The Hall–Kier alpha value is -2.93. The number of nitrogens with one attached hydrogen (secondary N) is 1. The van der Waals surface area contributed by atoms with Crippen molar-refractivity contribution in [3.63, 3.8) is 0 Å². The van der Waals surface area contributed by atoms with Crippen LogP contribution in [0.25, 0.3) is 16.9 Å². The van der Waals surface area contributed by atoms with Gasteiger partial charge in [-0.3, -0.25) is 20.1 Å². The van der Waals surface area contributed by atoms with Crippen LogP contribution in [0.1, 0.15) is 0 Å². The maximum atomic E-state index is 11.4. The normalized spacial score (nSPS) is 10.5. The van der Waals surface area contributed by atoms with Crippen molar-refractivity contribution in [2.45, 2.75) is 0 Å². The van der Waals surface area contributed by atoms with Gasteiger partial charge in [-0.2, -0.15) is 0 Å². The minimum absolute atomic E-state index is 0.0987. The van der Waals surface area contributed by atoms with Crippen molar-refractivity contribution in [2.75, 3.05) is 7.11 Å². The van der Waals surface area contributed by atoms with Crippen LogP contribution in [0.5, 0.6) is 5.75 Å². The van der Waals surface area contributed by atoms with Crippen molar-refractivity contribution in [3.8, 4) is 22.7 Å². The maximum absolute atomic E-state index is 11.4. The number of benzene rings is 2. The molecule has 0 radical (unpaired) electrons. The first-order chi connectivity index (χ1) is 11.1. The summed E-state index contributed by atoms with van der Waals surface area (Å²) < 4.78 is 6.65. The molecule has 0 spiro atoms. The number of aromatic nitrogens is 1. The van der Waals surface area contributed by atoms with Gasteiger partial charge in [0.05, 0.1) is 23.8 Å². The average molecular weight is 327 g/mol. The van der Waals surface area contributed by atoms with E-state index < -0.39 is 4.92 Å². The Kier molecular flexibility index (Phi) is 3.94. The number of methoxy groups -OCH3 is 1. The van der Waals surface area contributed by atoms with Crippen LogP contribution < -0.4 is 9.54 Å². The topological polar surface area (TPSA) is 81.2 Å². The molecule has 0 atom stereocenters. The quantitative estimate of drug-likeness (QED) is 0.587. The first-order valence-corrected chi connectivity index (χ1v) is 7.63. The SMILES string of the molecule is COc1ccc(-n2c(-c3ccccc3)csc2=N)c([N+](=O)[O-])c1. The van der Waals surface area contributed by atoms with Gasteiger partial charge < -0.3 is 4.74 Å². The van der Waals surface area contributed by atoms with Crippen LogP contribution in [0, 0.1) is 15.5 Å². The molecule has 0 amide bonds. The molecule has 6 nitrogen and oxygen atoms in total. The standard InChI is InChI=1S/C16H13N3O3S/c1-22-12-7-8-13(14(9-12)19(20)21)18-15(10-23-16(18)17)11-5-3-2-4-6-11/h2-10,17H,1H3. The second-order valence-electron chi connectivity index (χ2n) is 4.74. The molecule has 0 aliphatic carbocycles. The molecule has 1 heterocycles. The molecule has 0 saturated heterocycles. The number of nitrogens with zero attached hydrogens (tertiary/aromatic N) is 2. The van der Waals surface area contributed by atoms with E-state index in [9.17, 15) is 10.1 Å². The van der Waals surface area contributed by atoms with E-state index in [0.717, 1.165) is 11.3 Å². The Morgan fingerprint density at radius 1 is 1.22 bits per heavy atom. The van der Waals surface area contributed by atoms with Gasteiger partial charge in [-0.25, -0.2) is 0 Å². The smallest absolute Gasteiger partial charge is 0.297 e. The fourth-order valence-corrected chi connectivity index (χ4v) is 3.10. The molecule has 0 saturated carbocycles. The molecule has 23 heavy (non-hydrogen) atoms. The number of thiazole rings is 1. The molecule has 3 rings (SSSR count). The van der Waals surface area contributed by atoms with Gasteiger partial charge >= 0.3 is 0 Å². The highest BCUT2D eigenvalue weighted by Crippen LogP contribution is 2.31. The lowest BCUT2D eigenvalue weighted by atomic mass is 10.1. The van der Waals surface area contributed by atoms with Gasteiger partial charge in [-0.05, 0) is 17.7 Å². The van der Waals surface area contributed by atoms with Crippen molar-refractivity contribution in [1.29, 1.82) is 5.41 Å². The zero-order chi connectivity index (χ0) is 16.4. The number of ether oxygens (including phenoxy) is 1. The van der Waals surface area contributed by atoms with Crippen LogP contribution in [0.2, 0.25) is 0 Å². The van der Waals surface area contributed by atoms with E-state index in [0.29, 0.717) is 11.4 Å². The highest BCUT2D eigenvalue weighted by atomic mass is 32.1. The molecule has 0 aliphatic heterocycles. The Morgan fingerprint density at radius 2 is 1.96 bits per heavy atom. The van der Waals surface area contributed by atoms with E-state index in [4.69, 9.17) is 10.1 Å². The lowest BCUT2D eigenvalue weighted by Crippen LogP contribution is -2.14.